The summed E-state index contributed by atoms with van der Waals surface area (Å²) in [6.07, 6.45) is 3.97. The minimum atomic E-state index is -0.394. The molecule has 0 unspecified atom stereocenters. The second-order valence-corrected chi connectivity index (χ2v) is 7.51. The summed E-state index contributed by atoms with van der Waals surface area (Å²) in [6.45, 7) is 8.34. The number of aromatic nitrogens is 2. The number of hydrogen-bond donors (Lipinski definition) is 0. The Morgan fingerprint density at radius 1 is 1.48 bits per heavy atom. The van der Waals surface area contributed by atoms with Gasteiger partial charge in [0.05, 0.1) is 44.3 Å². The van der Waals surface area contributed by atoms with Gasteiger partial charge in [-0.1, -0.05) is 0 Å². The van der Waals surface area contributed by atoms with E-state index >= 15 is 0 Å². The molecule has 3 heterocycles. The van der Waals surface area contributed by atoms with Crippen LogP contribution in [0.15, 0.2) is 18.5 Å². The zero-order chi connectivity index (χ0) is 17.9. The number of carbonyl (C=O) groups is 1. The topological polar surface area (TPSA) is 67.8 Å². The molecule has 1 aromatic heterocycles. The van der Waals surface area contributed by atoms with Crippen LogP contribution in [0.25, 0.3) is 0 Å². The van der Waals surface area contributed by atoms with Crippen LogP contribution in [0.1, 0.15) is 30.6 Å². The average molecular weight is 348 g/mol. The van der Waals surface area contributed by atoms with Crippen LogP contribution in [-0.2, 0) is 9.47 Å². The molecule has 0 N–H and O–H groups in total. The molecule has 0 saturated carbocycles. The van der Waals surface area contributed by atoms with Crippen molar-refractivity contribution in [3.05, 3.63) is 24.0 Å². The third-order valence-electron chi connectivity index (χ3n) is 5.18. The Morgan fingerprint density at radius 3 is 3.04 bits per heavy atom. The van der Waals surface area contributed by atoms with Crippen molar-refractivity contribution in [2.24, 2.45) is 5.92 Å². The summed E-state index contributed by atoms with van der Waals surface area (Å²) in [6, 6.07) is 2.21. The third-order valence-corrected chi connectivity index (χ3v) is 5.18. The summed E-state index contributed by atoms with van der Waals surface area (Å²) in [5.74, 6) is 0.430. The highest BCUT2D eigenvalue weighted by Crippen LogP contribution is 2.33. The predicted molar refractivity (Wildman–Crippen MR) is 93.3 cm³/mol. The van der Waals surface area contributed by atoms with Crippen molar-refractivity contribution in [3.8, 4) is 0 Å². The second kappa shape index (κ2) is 7.76. The molecule has 1 spiro atoms. The van der Waals surface area contributed by atoms with Gasteiger partial charge in [0.25, 0.3) is 5.91 Å². The second-order valence-electron chi connectivity index (χ2n) is 7.51. The first-order chi connectivity index (χ1) is 12.0. The average Bonchev–Trinajstić information content (AvgIpc) is 2.87. The van der Waals surface area contributed by atoms with Crippen molar-refractivity contribution in [2.45, 2.75) is 31.9 Å². The third kappa shape index (κ3) is 4.34. The highest BCUT2D eigenvalue weighted by Gasteiger charge is 2.44. The normalized spacial score (nSPS) is 27.2. The van der Waals surface area contributed by atoms with E-state index in [1.165, 1.54) is 6.20 Å². The molecule has 138 valence electrons. The molecule has 1 amide bonds. The summed E-state index contributed by atoms with van der Waals surface area (Å²) < 4.78 is 12.0. The van der Waals surface area contributed by atoms with Gasteiger partial charge in [-0.2, -0.15) is 10.2 Å². The first kappa shape index (κ1) is 18.2. The molecule has 2 fully saturated rings. The Hall–Kier alpha value is -1.57. The molecule has 3 rings (SSSR count). The summed E-state index contributed by atoms with van der Waals surface area (Å²) in [5, 5.41) is 7.55. The Kier molecular flexibility index (Phi) is 5.66. The molecule has 2 aliphatic rings. The number of nitrogens with zero attached hydrogens (tertiary/aromatic N) is 4. The lowest BCUT2D eigenvalue weighted by Crippen LogP contribution is -2.46. The van der Waals surface area contributed by atoms with E-state index in [4.69, 9.17) is 9.47 Å². The van der Waals surface area contributed by atoms with E-state index in [9.17, 15) is 4.79 Å². The molecule has 0 bridgehead atoms. The van der Waals surface area contributed by atoms with Crippen LogP contribution in [-0.4, -0.2) is 84.0 Å². The molecular weight excluding hydrogens is 320 g/mol. The first-order valence-electron chi connectivity index (χ1n) is 8.97. The zero-order valence-electron chi connectivity index (χ0n) is 15.4. The molecule has 7 nitrogen and oxygen atoms in total. The van der Waals surface area contributed by atoms with Crippen LogP contribution in [0.5, 0.6) is 0 Å². The minimum Gasteiger partial charge on any atom is -0.377 e. The Morgan fingerprint density at radius 2 is 2.32 bits per heavy atom. The van der Waals surface area contributed by atoms with Crippen LogP contribution in [0, 0.1) is 5.92 Å². The van der Waals surface area contributed by atoms with Crippen molar-refractivity contribution in [2.75, 3.05) is 46.5 Å². The molecule has 0 aromatic carbocycles. The van der Waals surface area contributed by atoms with E-state index in [-0.39, 0.29) is 5.91 Å². The van der Waals surface area contributed by atoms with Crippen LogP contribution < -0.4 is 0 Å². The van der Waals surface area contributed by atoms with Gasteiger partial charge in [-0.15, -0.1) is 0 Å². The molecule has 7 heteroatoms. The van der Waals surface area contributed by atoms with Gasteiger partial charge in [-0.25, -0.2) is 0 Å². The van der Waals surface area contributed by atoms with Gasteiger partial charge in [-0.3, -0.25) is 4.79 Å². The highest BCUT2D eigenvalue weighted by atomic mass is 16.5. The molecule has 1 aromatic rings. The zero-order valence-corrected chi connectivity index (χ0v) is 15.4. The lowest BCUT2D eigenvalue weighted by atomic mass is 9.93. The molecule has 0 aliphatic carbocycles. The number of carbonyl (C=O) groups excluding carboxylic acids is 1. The number of ether oxygens (including phenoxy) is 2. The quantitative estimate of drug-likeness (QED) is 0.811. The summed E-state index contributed by atoms with van der Waals surface area (Å²) in [7, 11) is 2.14. The van der Waals surface area contributed by atoms with E-state index in [2.05, 4.69) is 36.0 Å². The standard InChI is InChI=1S/C18H28N4O3/c1-14(2)21(3)10-15-8-18(25-11-15)12-22(6-7-24-13-18)17(23)16-4-5-19-20-9-16/h4-5,9,14-15H,6-8,10-13H2,1-3H3/t15-,18-/m1/s1. The maximum atomic E-state index is 12.8. The highest BCUT2D eigenvalue weighted by molar-refractivity contribution is 5.93. The lowest BCUT2D eigenvalue weighted by Gasteiger charge is -2.31. The van der Waals surface area contributed by atoms with Crippen molar-refractivity contribution < 1.29 is 14.3 Å². The summed E-state index contributed by atoms with van der Waals surface area (Å²) in [4.78, 5) is 17.0. The smallest absolute Gasteiger partial charge is 0.255 e. The minimum absolute atomic E-state index is 0.0360. The van der Waals surface area contributed by atoms with Crippen LogP contribution in [0.2, 0.25) is 0 Å². The Labute approximate surface area is 149 Å². The molecule has 2 aliphatic heterocycles. The monoisotopic (exact) mass is 348 g/mol. The van der Waals surface area contributed by atoms with Gasteiger partial charge in [0, 0.05) is 19.1 Å². The van der Waals surface area contributed by atoms with E-state index in [1.54, 1.807) is 12.3 Å². The van der Waals surface area contributed by atoms with E-state index in [0.29, 0.717) is 43.8 Å². The fourth-order valence-corrected chi connectivity index (χ4v) is 3.56. The van der Waals surface area contributed by atoms with Crippen LogP contribution in [0.4, 0.5) is 0 Å². The van der Waals surface area contributed by atoms with Gasteiger partial charge in [0.15, 0.2) is 0 Å². The SMILES string of the molecule is CC(C)N(C)C[C@@H]1CO[C@]2(COCCN(C(=O)c3ccnnc3)C2)C1. The van der Waals surface area contributed by atoms with Crippen molar-refractivity contribution >= 4 is 5.91 Å². The number of hydrogen-bond acceptors (Lipinski definition) is 6. The van der Waals surface area contributed by atoms with Gasteiger partial charge in [0.2, 0.25) is 0 Å². The van der Waals surface area contributed by atoms with E-state index < -0.39 is 5.60 Å². The maximum absolute atomic E-state index is 12.8. The number of amides is 1. The van der Waals surface area contributed by atoms with Crippen molar-refractivity contribution in [1.82, 2.24) is 20.0 Å². The molecule has 0 radical (unpaired) electrons. The summed E-state index contributed by atoms with van der Waals surface area (Å²) >= 11 is 0. The molecule has 2 saturated heterocycles. The van der Waals surface area contributed by atoms with Gasteiger partial charge in [-0.05, 0) is 39.3 Å². The Bertz CT molecular complexity index is 583. The molecule has 25 heavy (non-hydrogen) atoms. The molecular formula is C18H28N4O3. The van der Waals surface area contributed by atoms with Crippen molar-refractivity contribution in [3.63, 3.8) is 0 Å². The number of rotatable bonds is 4. The van der Waals surface area contributed by atoms with Gasteiger partial charge < -0.3 is 19.3 Å². The van der Waals surface area contributed by atoms with Gasteiger partial charge in [0.1, 0.15) is 5.60 Å². The molecule has 2 atom stereocenters. The van der Waals surface area contributed by atoms with E-state index in [1.807, 2.05) is 4.90 Å². The first-order valence-corrected chi connectivity index (χ1v) is 8.97. The largest absolute Gasteiger partial charge is 0.377 e. The summed E-state index contributed by atoms with van der Waals surface area (Å²) in [5.41, 5.74) is 0.163. The lowest BCUT2D eigenvalue weighted by molar-refractivity contribution is -0.0539. The van der Waals surface area contributed by atoms with Crippen LogP contribution in [0.3, 0.4) is 0 Å². The fraction of sp³-hybridized carbons (Fsp3) is 0.722. The Balaban J connectivity index is 1.67. The predicted octanol–water partition coefficient (Wildman–Crippen LogP) is 1.06. The van der Waals surface area contributed by atoms with Crippen LogP contribution >= 0.6 is 0 Å². The maximum Gasteiger partial charge on any atom is 0.255 e. The van der Waals surface area contributed by atoms with E-state index in [0.717, 1.165) is 19.6 Å². The van der Waals surface area contributed by atoms with Gasteiger partial charge >= 0.3 is 0 Å². The van der Waals surface area contributed by atoms with Crippen molar-refractivity contribution in [1.29, 1.82) is 0 Å². The fourth-order valence-electron chi connectivity index (χ4n) is 3.56.